The highest BCUT2D eigenvalue weighted by Crippen LogP contribution is 2.29. The summed E-state index contributed by atoms with van der Waals surface area (Å²) in [5.74, 6) is 1.37. The maximum atomic E-state index is 13.0. The molecular formula is C23H36N4O2. The second kappa shape index (κ2) is 8.58. The second-order valence-corrected chi connectivity index (χ2v) is 10.1. The maximum Gasteiger partial charge on any atom is 0.253 e. The molecule has 4 heterocycles. The van der Waals surface area contributed by atoms with Crippen LogP contribution < -0.4 is 5.56 Å². The maximum absolute atomic E-state index is 13.0. The molecule has 160 valence electrons. The number of carbonyl (C=O) groups excluding carboxylic acids is 1. The molecule has 29 heavy (non-hydrogen) atoms. The zero-order chi connectivity index (χ0) is 20.4. The smallest absolute Gasteiger partial charge is 0.253 e. The fourth-order valence-corrected chi connectivity index (χ4v) is 5.36. The van der Waals surface area contributed by atoms with Gasteiger partial charge in [0.25, 0.3) is 5.56 Å². The van der Waals surface area contributed by atoms with E-state index in [1.165, 1.54) is 12.8 Å². The molecule has 0 radical (unpaired) electrons. The lowest BCUT2D eigenvalue weighted by molar-refractivity contribution is -0.134. The predicted molar refractivity (Wildman–Crippen MR) is 114 cm³/mol. The molecule has 0 N–H and O–H groups in total. The molecule has 2 fully saturated rings. The number of hydrogen-bond donors (Lipinski definition) is 0. The van der Waals surface area contributed by atoms with Crippen LogP contribution in [-0.4, -0.2) is 58.0 Å². The third-order valence-electron chi connectivity index (χ3n) is 6.92. The zero-order valence-electron chi connectivity index (χ0n) is 18.2. The molecule has 6 nitrogen and oxygen atoms in total. The van der Waals surface area contributed by atoms with Crippen LogP contribution in [0.25, 0.3) is 0 Å². The molecule has 6 heteroatoms. The number of piperidine rings is 2. The van der Waals surface area contributed by atoms with Crippen molar-refractivity contribution in [1.29, 1.82) is 0 Å². The topological polar surface area (TPSA) is 58.4 Å². The van der Waals surface area contributed by atoms with Gasteiger partial charge in [-0.3, -0.25) is 19.1 Å². The summed E-state index contributed by atoms with van der Waals surface area (Å²) in [6.07, 6.45) is 8.64. The Morgan fingerprint density at radius 3 is 2.83 bits per heavy atom. The van der Waals surface area contributed by atoms with Gasteiger partial charge in [-0.05, 0) is 50.5 Å². The molecule has 0 aromatic carbocycles. The van der Waals surface area contributed by atoms with Crippen LogP contribution in [0.15, 0.2) is 10.9 Å². The van der Waals surface area contributed by atoms with E-state index >= 15 is 0 Å². The number of fused-ring (bicyclic) bond motifs is 1. The van der Waals surface area contributed by atoms with Gasteiger partial charge in [-0.15, -0.1) is 0 Å². The van der Waals surface area contributed by atoms with Gasteiger partial charge in [-0.25, -0.2) is 4.98 Å². The predicted octanol–water partition coefficient (Wildman–Crippen LogP) is 2.80. The highest BCUT2D eigenvalue weighted by atomic mass is 16.2. The van der Waals surface area contributed by atoms with E-state index in [1.54, 1.807) is 6.07 Å². The number of nitrogens with zero attached hydrogens (tertiary/aromatic N) is 4. The van der Waals surface area contributed by atoms with E-state index in [2.05, 4.69) is 18.7 Å². The molecular weight excluding hydrogens is 364 g/mol. The van der Waals surface area contributed by atoms with Crippen LogP contribution in [0, 0.1) is 5.41 Å². The fourth-order valence-electron chi connectivity index (χ4n) is 5.36. The van der Waals surface area contributed by atoms with Gasteiger partial charge in [0.1, 0.15) is 5.82 Å². The van der Waals surface area contributed by atoms with Crippen molar-refractivity contribution in [3.8, 4) is 0 Å². The van der Waals surface area contributed by atoms with Crippen LogP contribution in [0.1, 0.15) is 76.2 Å². The molecule has 0 saturated carbocycles. The Morgan fingerprint density at radius 1 is 1.14 bits per heavy atom. The van der Waals surface area contributed by atoms with Gasteiger partial charge in [0.05, 0.1) is 12.2 Å². The number of likely N-dealkylation sites (tertiary alicyclic amines) is 2. The van der Waals surface area contributed by atoms with E-state index < -0.39 is 0 Å². The van der Waals surface area contributed by atoms with Crippen molar-refractivity contribution in [2.24, 2.45) is 5.41 Å². The van der Waals surface area contributed by atoms with Crippen molar-refractivity contribution in [2.45, 2.75) is 77.7 Å². The normalized spacial score (nSPS) is 25.3. The number of aromatic nitrogens is 2. The van der Waals surface area contributed by atoms with E-state index in [0.29, 0.717) is 18.5 Å². The number of hydrogen-bond acceptors (Lipinski definition) is 4. The van der Waals surface area contributed by atoms with Crippen molar-refractivity contribution in [3.05, 3.63) is 27.9 Å². The van der Waals surface area contributed by atoms with Crippen LogP contribution in [0.5, 0.6) is 0 Å². The number of amides is 1. The standard InChI is InChI=1S/C23H36N4O2/c1-23(2)10-7-11-25(17-23)16-22(29)26-12-6-8-18(15-26)19-14-21(28)27-13-5-3-4-9-20(27)24-19/h14,18H,3-13,15-17H2,1-2H3. The van der Waals surface area contributed by atoms with Gasteiger partial charge in [-0.2, -0.15) is 0 Å². The summed E-state index contributed by atoms with van der Waals surface area (Å²) in [4.78, 5) is 34.9. The first-order chi connectivity index (χ1) is 13.9. The van der Waals surface area contributed by atoms with E-state index in [0.717, 1.165) is 76.2 Å². The average molecular weight is 401 g/mol. The Kier molecular flexibility index (Phi) is 6.09. The van der Waals surface area contributed by atoms with Crippen molar-refractivity contribution in [1.82, 2.24) is 19.4 Å². The number of rotatable bonds is 3. The summed E-state index contributed by atoms with van der Waals surface area (Å²) in [5, 5.41) is 0. The molecule has 1 amide bonds. The lowest BCUT2D eigenvalue weighted by Crippen LogP contribution is -2.48. The largest absolute Gasteiger partial charge is 0.341 e. The first kappa shape index (κ1) is 20.6. The minimum absolute atomic E-state index is 0.0888. The fraction of sp³-hybridized carbons (Fsp3) is 0.783. The van der Waals surface area contributed by atoms with Gasteiger partial charge in [0, 0.05) is 44.6 Å². The first-order valence-electron chi connectivity index (χ1n) is 11.5. The monoisotopic (exact) mass is 400 g/mol. The Balaban J connectivity index is 1.43. The summed E-state index contributed by atoms with van der Waals surface area (Å²) in [7, 11) is 0. The van der Waals surface area contributed by atoms with E-state index in [-0.39, 0.29) is 17.4 Å². The van der Waals surface area contributed by atoms with Crippen LogP contribution in [0.4, 0.5) is 0 Å². The summed E-state index contributed by atoms with van der Waals surface area (Å²) < 4.78 is 1.86. The molecule has 0 bridgehead atoms. The molecule has 4 rings (SSSR count). The number of carbonyl (C=O) groups is 1. The molecule has 1 unspecified atom stereocenters. The Hall–Kier alpha value is -1.69. The average Bonchev–Trinajstić information content (AvgIpc) is 2.93. The van der Waals surface area contributed by atoms with E-state index in [1.807, 2.05) is 9.47 Å². The van der Waals surface area contributed by atoms with Gasteiger partial charge in [-0.1, -0.05) is 20.3 Å². The number of aryl methyl sites for hydroxylation is 1. The van der Waals surface area contributed by atoms with Gasteiger partial charge in [0.15, 0.2) is 0 Å². The summed E-state index contributed by atoms with van der Waals surface area (Å²) in [5.41, 5.74) is 1.29. The van der Waals surface area contributed by atoms with Crippen molar-refractivity contribution in [2.75, 3.05) is 32.7 Å². The Bertz CT molecular complexity index is 801. The lowest BCUT2D eigenvalue weighted by atomic mass is 9.84. The second-order valence-electron chi connectivity index (χ2n) is 10.1. The third kappa shape index (κ3) is 4.90. The van der Waals surface area contributed by atoms with Gasteiger partial charge >= 0.3 is 0 Å². The lowest BCUT2D eigenvalue weighted by Gasteiger charge is -2.39. The summed E-state index contributed by atoms with van der Waals surface area (Å²) in [6, 6.07) is 1.74. The van der Waals surface area contributed by atoms with E-state index in [4.69, 9.17) is 4.98 Å². The molecule has 0 aliphatic carbocycles. The molecule has 3 aliphatic heterocycles. The van der Waals surface area contributed by atoms with Crippen LogP contribution in [0.3, 0.4) is 0 Å². The van der Waals surface area contributed by atoms with Crippen LogP contribution >= 0.6 is 0 Å². The van der Waals surface area contributed by atoms with Gasteiger partial charge < -0.3 is 4.90 Å². The third-order valence-corrected chi connectivity index (χ3v) is 6.92. The minimum Gasteiger partial charge on any atom is -0.341 e. The molecule has 2 saturated heterocycles. The molecule has 1 aromatic rings. The van der Waals surface area contributed by atoms with Crippen LogP contribution in [-0.2, 0) is 17.8 Å². The highest BCUT2D eigenvalue weighted by molar-refractivity contribution is 5.78. The molecule has 0 spiro atoms. The van der Waals surface area contributed by atoms with Crippen molar-refractivity contribution < 1.29 is 4.79 Å². The Morgan fingerprint density at radius 2 is 2.00 bits per heavy atom. The van der Waals surface area contributed by atoms with Crippen molar-refractivity contribution in [3.63, 3.8) is 0 Å². The Labute approximate surface area is 174 Å². The van der Waals surface area contributed by atoms with E-state index in [9.17, 15) is 9.59 Å². The van der Waals surface area contributed by atoms with Crippen LogP contribution in [0.2, 0.25) is 0 Å². The SMILES string of the molecule is CC1(C)CCCN(CC(=O)N2CCCC(c3cc(=O)n4c(n3)CCCCC4)C2)C1. The summed E-state index contributed by atoms with van der Waals surface area (Å²) >= 11 is 0. The zero-order valence-corrected chi connectivity index (χ0v) is 18.2. The molecule has 3 aliphatic rings. The first-order valence-corrected chi connectivity index (χ1v) is 11.5. The van der Waals surface area contributed by atoms with Crippen molar-refractivity contribution >= 4 is 5.91 Å². The van der Waals surface area contributed by atoms with Gasteiger partial charge in [0.2, 0.25) is 5.91 Å². The highest BCUT2D eigenvalue weighted by Gasteiger charge is 2.31. The minimum atomic E-state index is 0.0888. The molecule has 1 aromatic heterocycles. The molecule has 1 atom stereocenters. The quantitative estimate of drug-likeness (QED) is 0.783. The summed E-state index contributed by atoms with van der Waals surface area (Å²) in [6.45, 7) is 9.46.